The maximum absolute atomic E-state index is 4.39. The van der Waals surface area contributed by atoms with Crippen molar-refractivity contribution in [2.75, 3.05) is 0 Å². The van der Waals surface area contributed by atoms with Gasteiger partial charge in [-0.25, -0.2) is 15.2 Å². The third-order valence-electron chi connectivity index (χ3n) is 4.63. The van der Waals surface area contributed by atoms with E-state index in [1.165, 1.54) is 5.56 Å². The van der Waals surface area contributed by atoms with E-state index in [2.05, 4.69) is 75.0 Å². The maximum atomic E-state index is 4.39. The number of aryl methyl sites for hydroxylation is 1. The van der Waals surface area contributed by atoms with Gasteiger partial charge in [0.25, 0.3) is 0 Å². The van der Waals surface area contributed by atoms with Crippen molar-refractivity contribution in [3.63, 3.8) is 0 Å². The summed E-state index contributed by atoms with van der Waals surface area (Å²) >= 11 is 0. The number of benzene rings is 2. The van der Waals surface area contributed by atoms with E-state index >= 15 is 0 Å². The van der Waals surface area contributed by atoms with Crippen molar-refractivity contribution < 1.29 is 0 Å². The SMILES string of the molecule is CCCCc1ncnn1Cc1ccc(-c2ccccc2C2=NNNN2)cc1. The van der Waals surface area contributed by atoms with Crippen molar-refractivity contribution in [3.8, 4) is 11.1 Å². The Morgan fingerprint density at radius 2 is 1.81 bits per heavy atom. The number of unbranched alkanes of at least 4 members (excludes halogenated alkanes) is 1. The zero-order chi connectivity index (χ0) is 18.5. The average Bonchev–Trinajstić information content (AvgIpc) is 3.39. The van der Waals surface area contributed by atoms with Gasteiger partial charge in [0.2, 0.25) is 0 Å². The predicted molar refractivity (Wildman–Crippen MR) is 106 cm³/mol. The molecule has 0 fully saturated rings. The highest BCUT2D eigenvalue weighted by molar-refractivity contribution is 6.04. The first-order valence-corrected chi connectivity index (χ1v) is 9.24. The van der Waals surface area contributed by atoms with Crippen LogP contribution in [0.4, 0.5) is 0 Å². The quantitative estimate of drug-likeness (QED) is 0.603. The first-order chi connectivity index (χ1) is 13.3. The van der Waals surface area contributed by atoms with Crippen molar-refractivity contribution in [1.82, 2.24) is 31.3 Å². The number of rotatable bonds is 7. The molecule has 3 aromatic rings. The van der Waals surface area contributed by atoms with Gasteiger partial charge in [0, 0.05) is 12.0 Å². The van der Waals surface area contributed by atoms with Crippen LogP contribution in [0.25, 0.3) is 11.1 Å². The molecular formula is C20H23N7. The van der Waals surface area contributed by atoms with Crippen molar-refractivity contribution in [3.05, 3.63) is 71.8 Å². The molecule has 1 aliphatic heterocycles. The van der Waals surface area contributed by atoms with E-state index in [1.807, 2.05) is 16.8 Å². The van der Waals surface area contributed by atoms with Gasteiger partial charge in [-0.15, -0.1) is 10.6 Å². The Balaban J connectivity index is 1.54. The second kappa shape index (κ2) is 8.01. The third kappa shape index (κ3) is 3.83. The van der Waals surface area contributed by atoms with Gasteiger partial charge >= 0.3 is 0 Å². The monoisotopic (exact) mass is 361 g/mol. The second-order valence-corrected chi connectivity index (χ2v) is 6.50. The van der Waals surface area contributed by atoms with E-state index in [0.29, 0.717) is 0 Å². The number of amidine groups is 1. The fourth-order valence-electron chi connectivity index (χ4n) is 3.18. The molecule has 1 aromatic heterocycles. The van der Waals surface area contributed by atoms with E-state index in [4.69, 9.17) is 0 Å². The number of hydrogen-bond donors (Lipinski definition) is 3. The minimum atomic E-state index is 0.739. The number of hydrazine groups is 2. The van der Waals surface area contributed by atoms with Crippen LogP contribution < -0.4 is 16.5 Å². The lowest BCUT2D eigenvalue weighted by molar-refractivity contribution is 0.577. The zero-order valence-corrected chi connectivity index (χ0v) is 15.3. The fraction of sp³-hybridized carbons (Fsp3) is 0.250. The number of nitrogens with one attached hydrogen (secondary N) is 3. The molecule has 2 aromatic carbocycles. The third-order valence-corrected chi connectivity index (χ3v) is 4.63. The van der Waals surface area contributed by atoms with Crippen molar-refractivity contribution >= 4 is 5.84 Å². The minimum absolute atomic E-state index is 0.739. The van der Waals surface area contributed by atoms with E-state index < -0.39 is 0 Å². The van der Waals surface area contributed by atoms with Crippen LogP contribution in [0.3, 0.4) is 0 Å². The molecule has 3 N–H and O–H groups in total. The fourth-order valence-corrected chi connectivity index (χ4v) is 3.18. The van der Waals surface area contributed by atoms with Gasteiger partial charge < -0.3 is 0 Å². The minimum Gasteiger partial charge on any atom is -0.285 e. The molecule has 27 heavy (non-hydrogen) atoms. The van der Waals surface area contributed by atoms with Gasteiger partial charge in [-0.3, -0.25) is 5.43 Å². The highest BCUT2D eigenvalue weighted by Crippen LogP contribution is 2.24. The number of hydrazone groups is 1. The first kappa shape index (κ1) is 17.2. The van der Waals surface area contributed by atoms with E-state index in [1.54, 1.807) is 6.33 Å². The predicted octanol–water partition coefficient (Wildman–Crippen LogP) is 2.61. The van der Waals surface area contributed by atoms with Crippen LogP contribution in [0.5, 0.6) is 0 Å². The summed E-state index contributed by atoms with van der Waals surface area (Å²) in [4.78, 5) is 4.39. The summed E-state index contributed by atoms with van der Waals surface area (Å²) in [6.45, 7) is 2.93. The van der Waals surface area contributed by atoms with Crippen LogP contribution in [0.2, 0.25) is 0 Å². The summed E-state index contributed by atoms with van der Waals surface area (Å²) in [5.41, 5.74) is 13.0. The van der Waals surface area contributed by atoms with Crippen LogP contribution in [0.15, 0.2) is 60.0 Å². The molecule has 0 bridgehead atoms. The number of hydrogen-bond acceptors (Lipinski definition) is 6. The summed E-state index contributed by atoms with van der Waals surface area (Å²) in [5.74, 6) is 1.83. The van der Waals surface area contributed by atoms with Crippen LogP contribution in [-0.2, 0) is 13.0 Å². The largest absolute Gasteiger partial charge is 0.285 e. The summed E-state index contributed by atoms with van der Waals surface area (Å²) < 4.78 is 1.99. The Morgan fingerprint density at radius 3 is 2.56 bits per heavy atom. The summed E-state index contributed by atoms with van der Waals surface area (Å²) in [7, 11) is 0. The number of nitrogens with zero attached hydrogens (tertiary/aromatic N) is 4. The molecule has 7 heteroatoms. The van der Waals surface area contributed by atoms with Gasteiger partial charge in [0.1, 0.15) is 12.2 Å². The van der Waals surface area contributed by atoms with Gasteiger partial charge in [0.05, 0.1) is 6.54 Å². The summed E-state index contributed by atoms with van der Waals surface area (Å²) in [6.07, 6.45) is 4.91. The van der Waals surface area contributed by atoms with E-state index in [-0.39, 0.29) is 0 Å². The van der Waals surface area contributed by atoms with Gasteiger partial charge in [-0.1, -0.05) is 61.9 Å². The smallest absolute Gasteiger partial charge is 0.171 e. The van der Waals surface area contributed by atoms with Gasteiger partial charge in [0.15, 0.2) is 5.84 Å². The Labute approximate surface area is 158 Å². The Kier molecular flexibility index (Phi) is 5.11. The van der Waals surface area contributed by atoms with Crippen LogP contribution in [0.1, 0.15) is 36.7 Å². The summed E-state index contributed by atoms with van der Waals surface area (Å²) in [6, 6.07) is 16.8. The van der Waals surface area contributed by atoms with Crippen molar-refractivity contribution in [2.45, 2.75) is 32.7 Å². The van der Waals surface area contributed by atoms with Gasteiger partial charge in [-0.2, -0.15) is 5.10 Å². The lowest BCUT2D eigenvalue weighted by atomic mass is 9.98. The Morgan fingerprint density at radius 1 is 1.00 bits per heavy atom. The molecule has 2 heterocycles. The normalized spacial score (nSPS) is 13.1. The van der Waals surface area contributed by atoms with Crippen molar-refractivity contribution in [2.24, 2.45) is 5.10 Å². The average molecular weight is 361 g/mol. The van der Waals surface area contributed by atoms with Crippen LogP contribution in [0, 0.1) is 0 Å². The molecule has 0 spiro atoms. The molecule has 0 radical (unpaired) electrons. The Hall–Kier alpha value is -3.19. The molecule has 0 unspecified atom stereocenters. The van der Waals surface area contributed by atoms with Crippen molar-refractivity contribution in [1.29, 1.82) is 0 Å². The maximum Gasteiger partial charge on any atom is 0.171 e. The standard InChI is InChI=1S/C20H23N7/c1-2-3-8-19-21-14-22-27(19)13-15-9-11-16(12-10-15)17-6-4-5-7-18(17)20-23-25-26-24-20/h4-7,9-12,14,25-26H,2-3,8,13H2,1H3,(H,23,24). The Bertz CT molecular complexity index is 928. The summed E-state index contributed by atoms with van der Waals surface area (Å²) in [5, 5.41) is 8.60. The molecule has 7 nitrogen and oxygen atoms in total. The van der Waals surface area contributed by atoms with Crippen LogP contribution in [-0.4, -0.2) is 20.6 Å². The molecular weight excluding hydrogens is 338 g/mol. The highest BCUT2D eigenvalue weighted by Gasteiger charge is 2.13. The molecule has 138 valence electrons. The highest BCUT2D eigenvalue weighted by atomic mass is 15.8. The molecule has 0 amide bonds. The lowest BCUT2D eigenvalue weighted by Gasteiger charge is -2.11. The molecule has 1 aliphatic rings. The number of aromatic nitrogens is 3. The van der Waals surface area contributed by atoms with E-state index in [9.17, 15) is 0 Å². The molecule has 4 rings (SSSR count). The molecule has 0 saturated carbocycles. The molecule has 0 saturated heterocycles. The van der Waals surface area contributed by atoms with Gasteiger partial charge in [-0.05, 0) is 23.1 Å². The lowest BCUT2D eigenvalue weighted by Crippen LogP contribution is -2.35. The second-order valence-electron chi connectivity index (χ2n) is 6.50. The topological polar surface area (TPSA) is 79.2 Å². The van der Waals surface area contributed by atoms with Crippen LogP contribution >= 0.6 is 0 Å². The first-order valence-electron chi connectivity index (χ1n) is 9.24. The molecule has 0 aliphatic carbocycles. The zero-order valence-electron chi connectivity index (χ0n) is 15.3. The molecule has 0 atom stereocenters. The van der Waals surface area contributed by atoms with E-state index in [0.717, 1.165) is 54.2 Å².